The lowest BCUT2D eigenvalue weighted by Gasteiger charge is -2.27. The summed E-state index contributed by atoms with van der Waals surface area (Å²) in [5.74, 6) is -3.68. The van der Waals surface area contributed by atoms with E-state index in [1.165, 1.54) is 34.5 Å². The second kappa shape index (κ2) is 9.09. The average Bonchev–Trinajstić information content (AvgIpc) is 2.71. The van der Waals surface area contributed by atoms with Crippen molar-refractivity contribution >= 4 is 32.4 Å². The van der Waals surface area contributed by atoms with E-state index in [4.69, 9.17) is 0 Å². The molecule has 0 radical (unpaired) electrons. The normalized spacial score (nSPS) is 14.4. The summed E-state index contributed by atoms with van der Waals surface area (Å²) in [5, 5.41) is 5.54. The van der Waals surface area contributed by atoms with Gasteiger partial charge in [0.2, 0.25) is 5.91 Å². The maximum absolute atomic E-state index is 14.4. The van der Waals surface area contributed by atoms with Crippen LogP contribution in [0.4, 0.5) is 29.2 Å². The zero-order valence-corrected chi connectivity index (χ0v) is 19.5. The number of allylic oxidation sites excluding steroid dienone is 2. The van der Waals surface area contributed by atoms with Gasteiger partial charge < -0.3 is 15.5 Å². The van der Waals surface area contributed by atoms with Crippen molar-refractivity contribution in [3.05, 3.63) is 54.0 Å². The standard InChI is InChI=1S/C22H24F4N5OP/c1-12-11-31(8-7-27-12)18-10-15(21(4,23)24)9-17(30-18)16-5-6-28-20(29-14(3)32)19(16)13(2)22(25,26)33/h5-6,9-11,27H,2,7-8,33H2,1,3-4H3,(H,28,29,32). The Labute approximate surface area is 191 Å². The molecule has 2 aromatic rings. The Hall–Kier alpha value is -3.00. The summed E-state index contributed by atoms with van der Waals surface area (Å²) < 4.78 is 57.3. The van der Waals surface area contributed by atoms with Gasteiger partial charge in [0.1, 0.15) is 11.6 Å². The molecule has 1 atom stereocenters. The van der Waals surface area contributed by atoms with Crippen molar-refractivity contribution < 1.29 is 22.4 Å². The van der Waals surface area contributed by atoms with E-state index < -0.39 is 23.1 Å². The summed E-state index contributed by atoms with van der Waals surface area (Å²) in [6.07, 6.45) is 3.02. The van der Waals surface area contributed by atoms with E-state index in [0.717, 1.165) is 18.7 Å². The van der Waals surface area contributed by atoms with Crippen molar-refractivity contribution in [2.24, 2.45) is 0 Å². The number of hydrogen-bond donors (Lipinski definition) is 2. The molecular weight excluding hydrogens is 457 g/mol. The number of nitrogens with zero attached hydrogens (tertiary/aromatic N) is 3. The van der Waals surface area contributed by atoms with Gasteiger partial charge in [0.25, 0.3) is 11.6 Å². The highest BCUT2D eigenvalue weighted by molar-refractivity contribution is 7.19. The van der Waals surface area contributed by atoms with Crippen molar-refractivity contribution in [3.63, 3.8) is 0 Å². The topological polar surface area (TPSA) is 70.2 Å². The van der Waals surface area contributed by atoms with Crippen molar-refractivity contribution in [1.82, 2.24) is 15.3 Å². The van der Waals surface area contributed by atoms with Gasteiger partial charge in [-0.1, -0.05) is 15.8 Å². The zero-order chi connectivity index (χ0) is 24.6. The number of halogens is 4. The third-order valence-corrected chi connectivity index (χ3v) is 5.29. The molecule has 3 rings (SSSR count). The lowest BCUT2D eigenvalue weighted by Crippen LogP contribution is -2.34. The monoisotopic (exact) mass is 481 g/mol. The van der Waals surface area contributed by atoms with Gasteiger partial charge in [-0.2, -0.15) is 8.78 Å². The zero-order valence-electron chi connectivity index (χ0n) is 18.3. The minimum atomic E-state index is -3.45. The molecule has 0 aliphatic carbocycles. The molecule has 0 aromatic carbocycles. The Morgan fingerprint density at radius 2 is 2.00 bits per heavy atom. The Bertz CT molecular complexity index is 1120. The molecule has 1 unspecified atom stereocenters. The van der Waals surface area contributed by atoms with Crippen LogP contribution < -0.4 is 15.5 Å². The summed E-state index contributed by atoms with van der Waals surface area (Å²) in [7, 11) is 1.38. The molecule has 0 bridgehead atoms. The van der Waals surface area contributed by atoms with Crippen LogP contribution in [-0.2, 0) is 10.7 Å². The van der Waals surface area contributed by atoms with Crippen LogP contribution in [0.2, 0.25) is 0 Å². The maximum atomic E-state index is 14.4. The molecule has 33 heavy (non-hydrogen) atoms. The van der Waals surface area contributed by atoms with Crippen LogP contribution in [0.25, 0.3) is 16.8 Å². The molecule has 176 valence electrons. The second-order valence-corrected chi connectivity index (χ2v) is 8.51. The highest BCUT2D eigenvalue weighted by Crippen LogP contribution is 2.44. The SMILES string of the molecule is C=C(c1c(-c2cc(C(C)(F)F)cc(N3C=C(C)NCC3)n2)ccnc1NC(C)=O)C(F)(F)P. The van der Waals surface area contributed by atoms with E-state index in [1.54, 1.807) is 11.1 Å². The highest BCUT2D eigenvalue weighted by atomic mass is 31.0. The molecule has 11 heteroatoms. The Balaban J connectivity index is 2.29. The van der Waals surface area contributed by atoms with E-state index in [9.17, 15) is 22.4 Å². The van der Waals surface area contributed by atoms with Gasteiger partial charge in [-0.15, -0.1) is 0 Å². The minimum Gasteiger partial charge on any atom is -0.386 e. The molecule has 0 saturated carbocycles. The number of amides is 1. The molecule has 1 aliphatic heterocycles. The van der Waals surface area contributed by atoms with Crippen LogP contribution in [0, 0.1) is 0 Å². The third kappa shape index (κ3) is 5.68. The first-order valence-corrected chi connectivity index (χ1v) is 10.6. The third-order valence-electron chi connectivity index (χ3n) is 4.94. The number of rotatable bonds is 6. The molecule has 0 fully saturated rings. The van der Waals surface area contributed by atoms with Crippen LogP contribution in [0.3, 0.4) is 0 Å². The number of hydrogen-bond acceptors (Lipinski definition) is 5. The fraction of sp³-hybridized carbons (Fsp3) is 0.318. The van der Waals surface area contributed by atoms with Crippen molar-refractivity contribution in [3.8, 4) is 11.3 Å². The molecule has 0 spiro atoms. The largest absolute Gasteiger partial charge is 0.386 e. The molecule has 2 aromatic heterocycles. The number of aromatic nitrogens is 2. The van der Waals surface area contributed by atoms with Gasteiger partial charge in [-0.25, -0.2) is 18.7 Å². The summed E-state index contributed by atoms with van der Waals surface area (Å²) >= 11 is 0. The van der Waals surface area contributed by atoms with E-state index in [1.807, 2.05) is 6.92 Å². The molecule has 6 nitrogen and oxygen atoms in total. The van der Waals surface area contributed by atoms with Gasteiger partial charge in [0.15, 0.2) is 0 Å². The number of carbonyl (C=O) groups excluding carboxylic acids is 1. The maximum Gasteiger partial charge on any atom is 0.284 e. The van der Waals surface area contributed by atoms with Crippen LogP contribution in [0.5, 0.6) is 0 Å². The van der Waals surface area contributed by atoms with Gasteiger partial charge in [0, 0.05) is 67.3 Å². The Morgan fingerprint density at radius 3 is 2.58 bits per heavy atom. The van der Waals surface area contributed by atoms with Crippen molar-refractivity contribution in [2.45, 2.75) is 32.4 Å². The van der Waals surface area contributed by atoms with Crippen LogP contribution in [0.1, 0.15) is 31.9 Å². The second-order valence-electron chi connectivity index (χ2n) is 7.78. The summed E-state index contributed by atoms with van der Waals surface area (Å²) in [6, 6.07) is 3.80. The number of carbonyl (C=O) groups is 1. The number of pyridine rings is 2. The van der Waals surface area contributed by atoms with Gasteiger partial charge in [-0.05, 0) is 25.1 Å². The number of alkyl halides is 4. The van der Waals surface area contributed by atoms with Crippen LogP contribution in [-0.4, -0.2) is 34.6 Å². The van der Waals surface area contributed by atoms with E-state index >= 15 is 0 Å². The molecule has 3 heterocycles. The molecule has 0 saturated heterocycles. The average molecular weight is 481 g/mol. The first-order valence-electron chi connectivity index (χ1n) is 10.00. The quantitative estimate of drug-likeness (QED) is 0.451. The van der Waals surface area contributed by atoms with E-state index in [0.29, 0.717) is 13.1 Å². The van der Waals surface area contributed by atoms with Crippen molar-refractivity contribution in [1.29, 1.82) is 0 Å². The summed E-state index contributed by atoms with van der Waals surface area (Å²) in [4.78, 5) is 21.9. The summed E-state index contributed by atoms with van der Waals surface area (Å²) in [6.45, 7) is 8.31. The highest BCUT2D eigenvalue weighted by Gasteiger charge is 2.33. The lowest BCUT2D eigenvalue weighted by atomic mass is 9.97. The number of anilines is 2. The minimum absolute atomic E-state index is 0.0213. The molecule has 1 amide bonds. The Morgan fingerprint density at radius 1 is 1.30 bits per heavy atom. The first-order chi connectivity index (χ1) is 15.3. The molecule has 1 aliphatic rings. The summed E-state index contributed by atoms with van der Waals surface area (Å²) in [5.41, 5.74) is -3.69. The fourth-order valence-electron chi connectivity index (χ4n) is 3.36. The fourth-order valence-corrected chi connectivity index (χ4v) is 3.51. The van der Waals surface area contributed by atoms with Gasteiger partial charge in [-0.3, -0.25) is 4.79 Å². The van der Waals surface area contributed by atoms with Gasteiger partial charge >= 0.3 is 0 Å². The van der Waals surface area contributed by atoms with Gasteiger partial charge in [0.05, 0.1) is 5.69 Å². The van der Waals surface area contributed by atoms with Crippen LogP contribution in [0.15, 0.2) is 42.9 Å². The predicted octanol–water partition coefficient (Wildman–Crippen LogP) is 4.97. The Kier molecular flexibility index (Phi) is 6.79. The van der Waals surface area contributed by atoms with E-state index in [-0.39, 0.29) is 34.0 Å². The lowest BCUT2D eigenvalue weighted by molar-refractivity contribution is -0.114. The first kappa shape index (κ1) is 24.6. The smallest absolute Gasteiger partial charge is 0.284 e. The van der Waals surface area contributed by atoms with E-state index in [2.05, 4.69) is 27.2 Å². The number of nitrogens with one attached hydrogen (secondary N) is 2. The molecule has 2 N–H and O–H groups in total. The van der Waals surface area contributed by atoms with Crippen LogP contribution >= 0.6 is 9.24 Å². The predicted molar refractivity (Wildman–Crippen MR) is 124 cm³/mol. The van der Waals surface area contributed by atoms with Crippen molar-refractivity contribution in [2.75, 3.05) is 23.3 Å². The molecular formula is C22H24F4N5OP.